The lowest BCUT2D eigenvalue weighted by Crippen LogP contribution is -2.47. The molecule has 2 saturated carbocycles. The van der Waals surface area contributed by atoms with Crippen molar-refractivity contribution in [2.75, 3.05) is 6.61 Å². The molecule has 0 heterocycles. The summed E-state index contributed by atoms with van der Waals surface area (Å²) in [6.07, 6.45) is 9.71. The van der Waals surface area contributed by atoms with Crippen molar-refractivity contribution in [1.29, 1.82) is 0 Å². The Morgan fingerprint density at radius 3 is 2.45 bits per heavy atom. The summed E-state index contributed by atoms with van der Waals surface area (Å²) in [5, 5.41) is 0. The number of fused-ring (bicyclic) bond motifs is 1. The predicted molar refractivity (Wildman–Crippen MR) is 113 cm³/mol. The Labute approximate surface area is 174 Å². The van der Waals surface area contributed by atoms with E-state index in [1.165, 1.54) is 37.7 Å². The Hall–Kier alpha value is -0.260. The van der Waals surface area contributed by atoms with E-state index in [4.69, 9.17) is 9.79 Å². The molecule has 2 rings (SSSR count). The molecule has 9 heteroatoms. The Kier molecular flexibility index (Phi) is 7.83. The van der Waals surface area contributed by atoms with E-state index in [0.29, 0.717) is 11.8 Å². The number of phosphoric acid groups is 2. The summed E-state index contributed by atoms with van der Waals surface area (Å²) in [6, 6.07) is 0. The lowest BCUT2D eigenvalue weighted by atomic mass is 9.50. The smallest absolute Gasteiger partial charge is 0.302 e. The number of phosphoric ester groups is 1. The average Bonchev–Trinajstić information content (AvgIpc) is 3.01. The van der Waals surface area contributed by atoms with E-state index < -0.39 is 15.6 Å². The quantitative estimate of drug-likeness (QED) is 0.303. The zero-order valence-electron chi connectivity index (χ0n) is 18.0. The molecule has 1 unspecified atom stereocenters. The monoisotopic (exact) mass is 450 g/mol. The molecule has 0 aliphatic heterocycles. The van der Waals surface area contributed by atoms with Crippen LogP contribution in [0.15, 0.2) is 23.8 Å². The predicted octanol–water partition coefficient (Wildman–Crippen LogP) is 5.74. The minimum atomic E-state index is -5.09. The summed E-state index contributed by atoms with van der Waals surface area (Å²) in [7, 11) is -9.88. The van der Waals surface area contributed by atoms with Crippen LogP contribution in [0.25, 0.3) is 0 Å². The molecule has 2 aliphatic carbocycles. The van der Waals surface area contributed by atoms with E-state index in [9.17, 15) is 14.0 Å². The van der Waals surface area contributed by atoms with Crippen molar-refractivity contribution in [3.8, 4) is 0 Å². The Morgan fingerprint density at radius 2 is 1.86 bits per heavy atom. The summed E-state index contributed by atoms with van der Waals surface area (Å²) in [6.45, 7) is 13.0. The van der Waals surface area contributed by atoms with Crippen molar-refractivity contribution in [2.24, 2.45) is 22.7 Å². The van der Waals surface area contributed by atoms with Gasteiger partial charge in [0.2, 0.25) is 0 Å². The van der Waals surface area contributed by atoms with Gasteiger partial charge in [-0.2, -0.15) is 4.31 Å². The molecule has 5 atom stereocenters. The topological polar surface area (TPSA) is 113 Å². The molecule has 0 saturated heterocycles. The second-order valence-electron chi connectivity index (χ2n) is 9.21. The summed E-state index contributed by atoms with van der Waals surface area (Å²) in [4.78, 5) is 26.6. The van der Waals surface area contributed by atoms with Crippen LogP contribution in [0.4, 0.5) is 0 Å². The van der Waals surface area contributed by atoms with Gasteiger partial charge in [0.05, 0.1) is 6.61 Å². The standard InChI is InChI=1S/C20H36O7P2/c1-15(2)20-11-6-7-18(20)19(5,17(4)9-13-20)12-8-16(3)10-14-26-29(24,25)27-28(21,22)23/h10,17-18H,1,6-9,11-14H2,2-5H3,(H,24,25)(H2,21,22,23)/b16-10+/t17-,18+,19-,20-/m1/s1. The van der Waals surface area contributed by atoms with E-state index in [0.717, 1.165) is 18.4 Å². The van der Waals surface area contributed by atoms with Gasteiger partial charge in [0.25, 0.3) is 0 Å². The zero-order valence-corrected chi connectivity index (χ0v) is 19.8. The maximum atomic E-state index is 11.5. The Balaban J connectivity index is 2.00. The lowest BCUT2D eigenvalue weighted by molar-refractivity contribution is -0.0265. The van der Waals surface area contributed by atoms with Gasteiger partial charge in [-0.25, -0.2) is 9.13 Å². The fraction of sp³-hybridized carbons (Fsp3) is 0.800. The van der Waals surface area contributed by atoms with Crippen LogP contribution >= 0.6 is 15.6 Å². The Morgan fingerprint density at radius 1 is 1.21 bits per heavy atom. The molecule has 2 aliphatic rings. The summed E-state index contributed by atoms with van der Waals surface area (Å²) in [5.41, 5.74) is 2.81. The molecule has 0 aromatic rings. The molecule has 0 bridgehead atoms. The van der Waals surface area contributed by atoms with E-state index in [-0.39, 0.29) is 17.4 Å². The molecular weight excluding hydrogens is 414 g/mol. The van der Waals surface area contributed by atoms with E-state index >= 15 is 0 Å². The third-order valence-electron chi connectivity index (χ3n) is 7.51. The van der Waals surface area contributed by atoms with Crippen LogP contribution < -0.4 is 0 Å². The van der Waals surface area contributed by atoms with Crippen molar-refractivity contribution in [2.45, 2.75) is 72.6 Å². The van der Waals surface area contributed by atoms with Crippen molar-refractivity contribution < 1.29 is 32.6 Å². The second kappa shape index (κ2) is 9.08. The summed E-state index contributed by atoms with van der Waals surface area (Å²) < 4.78 is 30.6. The van der Waals surface area contributed by atoms with Gasteiger partial charge in [-0.05, 0) is 75.0 Å². The maximum Gasteiger partial charge on any atom is 0.481 e. The molecule has 2 fully saturated rings. The Bertz CT molecular complexity index is 743. The third-order valence-corrected chi connectivity index (χ3v) is 9.67. The molecule has 0 radical (unpaired) electrons. The van der Waals surface area contributed by atoms with E-state index in [2.05, 4.69) is 36.2 Å². The molecule has 0 aromatic carbocycles. The van der Waals surface area contributed by atoms with Gasteiger partial charge >= 0.3 is 15.6 Å². The number of allylic oxidation sites excluding steroid dienone is 2. The fourth-order valence-corrected chi connectivity index (χ4v) is 7.15. The van der Waals surface area contributed by atoms with Crippen molar-refractivity contribution in [3.05, 3.63) is 23.8 Å². The van der Waals surface area contributed by atoms with Crippen LogP contribution in [0.3, 0.4) is 0 Å². The second-order valence-corrected chi connectivity index (χ2v) is 12.0. The van der Waals surface area contributed by atoms with Gasteiger partial charge in [-0.15, -0.1) is 0 Å². The zero-order chi connectivity index (χ0) is 22.1. The number of hydrogen-bond donors (Lipinski definition) is 3. The highest BCUT2D eigenvalue weighted by Crippen LogP contribution is 2.65. The average molecular weight is 450 g/mol. The van der Waals surface area contributed by atoms with Crippen LogP contribution in [0, 0.1) is 22.7 Å². The first-order chi connectivity index (χ1) is 13.2. The highest BCUT2D eigenvalue weighted by atomic mass is 31.3. The van der Waals surface area contributed by atoms with Crippen LogP contribution in [-0.4, -0.2) is 21.3 Å². The first kappa shape index (κ1) is 25.0. The lowest BCUT2D eigenvalue weighted by Gasteiger charge is -2.55. The first-order valence-electron chi connectivity index (χ1n) is 10.3. The molecule has 0 aromatic heterocycles. The van der Waals surface area contributed by atoms with Crippen LogP contribution in [-0.2, 0) is 18.0 Å². The van der Waals surface area contributed by atoms with Crippen LogP contribution in [0.5, 0.6) is 0 Å². The third kappa shape index (κ3) is 5.92. The number of rotatable bonds is 9. The van der Waals surface area contributed by atoms with Gasteiger partial charge in [-0.3, -0.25) is 4.52 Å². The highest BCUT2D eigenvalue weighted by molar-refractivity contribution is 7.60. The molecule has 29 heavy (non-hydrogen) atoms. The van der Waals surface area contributed by atoms with Gasteiger partial charge in [-0.1, -0.05) is 44.1 Å². The fourth-order valence-electron chi connectivity index (χ4n) is 5.62. The van der Waals surface area contributed by atoms with Gasteiger partial charge in [0, 0.05) is 0 Å². The molecular formula is C20H36O7P2. The first-order valence-corrected chi connectivity index (χ1v) is 13.3. The van der Waals surface area contributed by atoms with Crippen LogP contribution in [0.2, 0.25) is 0 Å². The van der Waals surface area contributed by atoms with E-state index in [1.54, 1.807) is 6.08 Å². The normalized spacial score (nSPS) is 35.2. The number of hydrogen-bond acceptors (Lipinski definition) is 4. The molecule has 3 N–H and O–H groups in total. The molecule has 7 nitrogen and oxygen atoms in total. The highest BCUT2D eigenvalue weighted by Gasteiger charge is 2.56. The van der Waals surface area contributed by atoms with Crippen molar-refractivity contribution >= 4 is 15.6 Å². The summed E-state index contributed by atoms with van der Waals surface area (Å²) in [5.74, 6) is 1.26. The molecule has 0 amide bonds. The van der Waals surface area contributed by atoms with Gasteiger partial charge in [0.15, 0.2) is 0 Å². The largest absolute Gasteiger partial charge is 0.481 e. The maximum absolute atomic E-state index is 11.5. The minimum Gasteiger partial charge on any atom is -0.302 e. The minimum absolute atomic E-state index is 0.208. The van der Waals surface area contributed by atoms with Gasteiger partial charge < -0.3 is 14.7 Å². The molecule has 168 valence electrons. The van der Waals surface area contributed by atoms with E-state index in [1.807, 2.05) is 6.92 Å². The summed E-state index contributed by atoms with van der Waals surface area (Å²) >= 11 is 0. The SMILES string of the molecule is C=C(C)[C@]12CCC[C@H]1[C@](C)(CC/C(C)=C/COP(=O)(O)OP(=O)(O)O)[C@H](C)CC2. The van der Waals surface area contributed by atoms with Crippen LogP contribution in [0.1, 0.15) is 72.6 Å². The molecule has 0 spiro atoms. The van der Waals surface area contributed by atoms with Crippen molar-refractivity contribution in [3.63, 3.8) is 0 Å². The van der Waals surface area contributed by atoms with Gasteiger partial charge in [0.1, 0.15) is 0 Å². The van der Waals surface area contributed by atoms with Crippen molar-refractivity contribution in [1.82, 2.24) is 0 Å².